The Morgan fingerprint density at radius 1 is 1.17 bits per heavy atom. The number of fused-ring (bicyclic) bond motifs is 2. The average Bonchev–Trinajstić information content (AvgIpc) is 3.16. The van der Waals surface area contributed by atoms with E-state index in [1.807, 2.05) is 41.3 Å². The number of nitrogens with one attached hydrogen (secondary N) is 1. The fourth-order valence-electron chi connectivity index (χ4n) is 3.66. The van der Waals surface area contributed by atoms with Gasteiger partial charge in [0.25, 0.3) is 0 Å². The highest BCUT2D eigenvalue weighted by Crippen LogP contribution is 2.30. The van der Waals surface area contributed by atoms with Crippen LogP contribution in [0.2, 0.25) is 0 Å². The monoisotopic (exact) mass is 323 g/mol. The first kappa shape index (κ1) is 15.0. The quantitative estimate of drug-likeness (QED) is 0.891. The summed E-state index contributed by atoms with van der Waals surface area (Å²) in [6.45, 7) is 1.23. The minimum Gasteiger partial charge on any atom is -0.497 e. The van der Waals surface area contributed by atoms with E-state index in [9.17, 15) is 4.79 Å². The minimum atomic E-state index is -0.143. The van der Waals surface area contributed by atoms with Crippen molar-refractivity contribution in [2.45, 2.75) is 31.6 Å². The first-order valence-corrected chi connectivity index (χ1v) is 8.20. The number of hydrogen-bond donors (Lipinski definition) is 2. The molecule has 2 aliphatic rings. The third-order valence-corrected chi connectivity index (χ3v) is 5.02. The minimum absolute atomic E-state index is 0.0480. The summed E-state index contributed by atoms with van der Waals surface area (Å²) < 4.78 is 5.26. The Hall–Kier alpha value is -2.53. The van der Waals surface area contributed by atoms with Gasteiger partial charge in [-0.25, -0.2) is 4.79 Å². The molecule has 4 rings (SSSR count). The molecule has 124 valence electrons. The van der Waals surface area contributed by atoms with Crippen molar-refractivity contribution in [2.75, 3.05) is 7.11 Å². The van der Waals surface area contributed by atoms with Crippen molar-refractivity contribution < 1.29 is 9.53 Å². The molecule has 5 nitrogen and oxygen atoms in total. The zero-order chi connectivity index (χ0) is 16.7. The van der Waals surface area contributed by atoms with Gasteiger partial charge < -0.3 is 20.7 Å². The van der Waals surface area contributed by atoms with Crippen LogP contribution in [-0.4, -0.2) is 24.1 Å². The molecular formula is C19H21N3O2. The summed E-state index contributed by atoms with van der Waals surface area (Å²) in [4.78, 5) is 14.5. The fourth-order valence-corrected chi connectivity index (χ4v) is 3.66. The lowest BCUT2D eigenvalue weighted by atomic mass is 10.1. The van der Waals surface area contributed by atoms with Crippen LogP contribution < -0.4 is 15.8 Å². The van der Waals surface area contributed by atoms with E-state index in [0.717, 1.165) is 23.3 Å². The number of nitrogens with zero attached hydrogens (tertiary/aromatic N) is 1. The standard InChI is InChI=1S/C19H21N3O2/c1-24-15-7-6-13-10-22(11-14(13)8-15)19(23)21-17-9-12-4-2-3-5-16(12)18(17)20/h2-8,17-18H,9-11,20H2,1H3,(H,21,23)/t17-,18-/m1/s1. The van der Waals surface area contributed by atoms with Crippen LogP contribution in [0.1, 0.15) is 28.3 Å². The van der Waals surface area contributed by atoms with Gasteiger partial charge in [0.2, 0.25) is 0 Å². The molecule has 0 saturated heterocycles. The smallest absolute Gasteiger partial charge is 0.318 e. The molecule has 2 amide bonds. The van der Waals surface area contributed by atoms with Gasteiger partial charge >= 0.3 is 6.03 Å². The Kier molecular flexibility index (Phi) is 3.65. The molecule has 1 aliphatic heterocycles. The van der Waals surface area contributed by atoms with E-state index in [4.69, 9.17) is 10.5 Å². The Morgan fingerprint density at radius 2 is 1.96 bits per heavy atom. The SMILES string of the molecule is COc1ccc2c(c1)CN(C(=O)N[C@@H]1Cc3ccccc3[C@H]1N)C2. The van der Waals surface area contributed by atoms with Crippen LogP contribution in [-0.2, 0) is 19.5 Å². The molecule has 2 atom stereocenters. The Morgan fingerprint density at radius 3 is 2.75 bits per heavy atom. The lowest BCUT2D eigenvalue weighted by Gasteiger charge is -2.23. The lowest BCUT2D eigenvalue weighted by Crippen LogP contribution is -2.46. The average molecular weight is 323 g/mol. The molecule has 0 spiro atoms. The number of rotatable bonds is 2. The Bertz CT molecular complexity index is 790. The van der Waals surface area contributed by atoms with Crippen molar-refractivity contribution in [1.82, 2.24) is 10.2 Å². The molecule has 1 aliphatic carbocycles. The maximum Gasteiger partial charge on any atom is 0.318 e. The van der Waals surface area contributed by atoms with Gasteiger partial charge in [0.15, 0.2) is 0 Å². The highest BCUT2D eigenvalue weighted by atomic mass is 16.5. The zero-order valence-electron chi connectivity index (χ0n) is 13.7. The summed E-state index contributed by atoms with van der Waals surface area (Å²) in [5.41, 5.74) is 11.0. The largest absolute Gasteiger partial charge is 0.497 e. The normalized spacial score (nSPS) is 21.3. The van der Waals surface area contributed by atoms with Gasteiger partial charge in [-0.3, -0.25) is 0 Å². The van der Waals surface area contributed by atoms with E-state index >= 15 is 0 Å². The summed E-state index contributed by atoms with van der Waals surface area (Å²) >= 11 is 0. The second kappa shape index (κ2) is 5.83. The van der Waals surface area contributed by atoms with Crippen LogP contribution in [0.5, 0.6) is 5.75 Å². The Balaban J connectivity index is 1.43. The molecule has 5 heteroatoms. The third kappa shape index (κ3) is 2.51. The molecule has 1 heterocycles. The number of benzene rings is 2. The van der Waals surface area contributed by atoms with Crippen LogP contribution in [0.25, 0.3) is 0 Å². The van der Waals surface area contributed by atoms with Gasteiger partial charge in [0, 0.05) is 13.1 Å². The predicted molar refractivity (Wildman–Crippen MR) is 91.6 cm³/mol. The summed E-state index contributed by atoms with van der Waals surface area (Å²) in [5.74, 6) is 0.823. The predicted octanol–water partition coefficient (Wildman–Crippen LogP) is 2.35. The number of carbonyl (C=O) groups excluding carboxylic acids is 1. The van der Waals surface area contributed by atoms with E-state index in [1.54, 1.807) is 7.11 Å². The molecule has 2 aromatic rings. The number of ether oxygens (including phenoxy) is 1. The Labute approximate surface area is 141 Å². The van der Waals surface area contributed by atoms with Crippen molar-refractivity contribution in [3.8, 4) is 5.75 Å². The summed E-state index contributed by atoms with van der Waals surface area (Å²) in [7, 11) is 1.65. The third-order valence-electron chi connectivity index (χ3n) is 5.02. The van der Waals surface area contributed by atoms with Crippen LogP contribution in [0, 0.1) is 0 Å². The molecule has 24 heavy (non-hydrogen) atoms. The highest BCUT2D eigenvalue weighted by Gasteiger charge is 2.32. The highest BCUT2D eigenvalue weighted by molar-refractivity contribution is 5.76. The van der Waals surface area contributed by atoms with Gasteiger partial charge in [0.05, 0.1) is 19.2 Å². The molecule has 3 N–H and O–H groups in total. The lowest BCUT2D eigenvalue weighted by molar-refractivity contribution is 0.193. The number of amides is 2. The summed E-state index contributed by atoms with van der Waals surface area (Å²) in [6, 6.07) is 13.8. The van der Waals surface area contributed by atoms with Crippen LogP contribution in [0.4, 0.5) is 4.79 Å². The maximum atomic E-state index is 12.6. The molecule has 0 unspecified atom stereocenters. The second-order valence-electron chi connectivity index (χ2n) is 6.48. The van der Waals surface area contributed by atoms with Crippen LogP contribution >= 0.6 is 0 Å². The molecule has 0 aromatic heterocycles. The van der Waals surface area contributed by atoms with Gasteiger partial charge in [-0.2, -0.15) is 0 Å². The number of hydrogen-bond acceptors (Lipinski definition) is 3. The van der Waals surface area contributed by atoms with Crippen molar-refractivity contribution in [3.63, 3.8) is 0 Å². The van der Waals surface area contributed by atoms with Crippen molar-refractivity contribution >= 4 is 6.03 Å². The van der Waals surface area contributed by atoms with Crippen molar-refractivity contribution in [2.24, 2.45) is 5.73 Å². The van der Waals surface area contributed by atoms with Crippen molar-refractivity contribution in [1.29, 1.82) is 0 Å². The van der Waals surface area contributed by atoms with Crippen LogP contribution in [0.3, 0.4) is 0 Å². The van der Waals surface area contributed by atoms with E-state index in [0.29, 0.717) is 13.1 Å². The van der Waals surface area contributed by atoms with Crippen molar-refractivity contribution in [3.05, 3.63) is 64.7 Å². The number of methoxy groups -OCH3 is 1. The number of urea groups is 1. The summed E-state index contributed by atoms with van der Waals surface area (Å²) in [6.07, 6.45) is 0.789. The second-order valence-corrected chi connectivity index (χ2v) is 6.48. The van der Waals surface area contributed by atoms with E-state index in [1.165, 1.54) is 11.1 Å². The molecular weight excluding hydrogens is 302 g/mol. The molecule has 0 radical (unpaired) electrons. The maximum absolute atomic E-state index is 12.6. The molecule has 2 aromatic carbocycles. The molecule has 0 saturated carbocycles. The first-order valence-electron chi connectivity index (χ1n) is 8.20. The van der Waals surface area contributed by atoms with E-state index < -0.39 is 0 Å². The topological polar surface area (TPSA) is 67.6 Å². The van der Waals surface area contributed by atoms with Gasteiger partial charge in [-0.05, 0) is 40.8 Å². The number of nitrogens with two attached hydrogens (primary N) is 1. The summed E-state index contributed by atoms with van der Waals surface area (Å²) in [5, 5.41) is 3.11. The molecule has 0 bridgehead atoms. The van der Waals surface area contributed by atoms with Gasteiger partial charge in [0.1, 0.15) is 5.75 Å². The first-order chi connectivity index (χ1) is 11.7. The van der Waals surface area contributed by atoms with Gasteiger partial charge in [-0.15, -0.1) is 0 Å². The van der Waals surface area contributed by atoms with Crippen LogP contribution in [0.15, 0.2) is 42.5 Å². The van der Waals surface area contributed by atoms with E-state index in [2.05, 4.69) is 11.4 Å². The zero-order valence-corrected chi connectivity index (χ0v) is 13.7. The van der Waals surface area contributed by atoms with E-state index in [-0.39, 0.29) is 18.1 Å². The van der Waals surface area contributed by atoms with Gasteiger partial charge in [-0.1, -0.05) is 30.3 Å². The number of carbonyl (C=O) groups is 1. The fraction of sp³-hybridized carbons (Fsp3) is 0.316. The molecule has 0 fully saturated rings.